The molecule has 1 N–H and O–H groups in total. The topological polar surface area (TPSA) is 114 Å². The molecule has 0 amide bonds. The van der Waals surface area contributed by atoms with Crippen LogP contribution in [0.25, 0.3) is 0 Å². The first kappa shape index (κ1) is 14.8. The molecular weight excluding hydrogens is 280 g/mol. The zero-order valence-corrected chi connectivity index (χ0v) is 12.7. The Morgan fingerprint density at radius 3 is 2.50 bits per heavy atom. The molecule has 1 aliphatic carbocycles. The number of hydrogen-bond donors (Lipinski definition) is 1. The van der Waals surface area contributed by atoms with Crippen LogP contribution in [0.4, 0.5) is 0 Å². The fourth-order valence-electron chi connectivity index (χ4n) is 4.52. The van der Waals surface area contributed by atoms with Gasteiger partial charge in [-0.1, -0.05) is 13.8 Å². The first-order chi connectivity index (χ1) is 10.5. The van der Waals surface area contributed by atoms with E-state index in [1.807, 2.05) is 19.1 Å². The van der Waals surface area contributed by atoms with Gasteiger partial charge in [-0.2, -0.15) is 15.8 Å². The van der Waals surface area contributed by atoms with Crippen molar-refractivity contribution in [2.75, 3.05) is 0 Å². The minimum Gasteiger partial charge on any atom is -0.447 e. The zero-order chi connectivity index (χ0) is 16.2. The molecule has 114 valence electrons. The molecule has 1 saturated carbocycles. The van der Waals surface area contributed by atoms with Crippen molar-refractivity contribution in [1.82, 2.24) is 0 Å². The second kappa shape index (κ2) is 4.45. The zero-order valence-electron chi connectivity index (χ0n) is 12.7. The van der Waals surface area contributed by atoms with Crippen LogP contribution in [0.1, 0.15) is 39.5 Å². The van der Waals surface area contributed by atoms with Crippen LogP contribution in [0.2, 0.25) is 0 Å². The van der Waals surface area contributed by atoms with Crippen molar-refractivity contribution in [1.29, 1.82) is 21.2 Å². The summed E-state index contributed by atoms with van der Waals surface area (Å²) in [6, 6.07) is 6.22. The molecule has 3 rings (SSSR count). The van der Waals surface area contributed by atoms with Crippen LogP contribution >= 0.6 is 0 Å². The summed E-state index contributed by atoms with van der Waals surface area (Å²) in [5.41, 5.74) is -3.24. The van der Waals surface area contributed by atoms with Crippen LogP contribution in [0.15, 0.2) is 0 Å². The summed E-state index contributed by atoms with van der Waals surface area (Å²) in [6.07, 6.45) is 1.79. The maximum absolute atomic E-state index is 9.94. The fraction of sp³-hybridized carbons (Fsp3) is 0.750. The second-order valence-electron chi connectivity index (χ2n) is 6.64. The van der Waals surface area contributed by atoms with E-state index in [0.717, 1.165) is 6.42 Å². The van der Waals surface area contributed by atoms with Crippen molar-refractivity contribution in [2.45, 2.75) is 51.4 Å². The maximum atomic E-state index is 9.94. The maximum Gasteiger partial charge on any atom is 0.217 e. The largest absolute Gasteiger partial charge is 0.447 e. The standard InChI is InChI=1S/C16H18N4O2/c1-3-12-14(7-17,8-18)15(9-19)11-6-10(2)4-5-16(11,21-12)22-13(15)20/h10-12,20H,3-6H2,1-2H3. The van der Waals surface area contributed by atoms with Gasteiger partial charge in [0.05, 0.1) is 30.2 Å². The Bertz CT molecular complexity index is 641. The summed E-state index contributed by atoms with van der Waals surface area (Å²) in [4.78, 5) is 0. The lowest BCUT2D eigenvalue weighted by atomic mass is 9.51. The third-order valence-electron chi connectivity index (χ3n) is 5.66. The van der Waals surface area contributed by atoms with Gasteiger partial charge in [0.1, 0.15) is 0 Å². The molecule has 2 bridgehead atoms. The van der Waals surface area contributed by atoms with Gasteiger partial charge in [-0.25, -0.2) is 0 Å². The van der Waals surface area contributed by atoms with E-state index in [2.05, 4.69) is 13.0 Å². The molecule has 0 aromatic carbocycles. The quantitative estimate of drug-likeness (QED) is 0.798. The molecular formula is C16H18N4O2. The van der Waals surface area contributed by atoms with Crippen LogP contribution in [0.3, 0.4) is 0 Å². The molecule has 22 heavy (non-hydrogen) atoms. The Hall–Kier alpha value is -2.10. The number of nitrogens with one attached hydrogen (secondary N) is 1. The molecule has 3 aliphatic rings. The van der Waals surface area contributed by atoms with Crippen molar-refractivity contribution in [2.24, 2.45) is 22.7 Å². The Kier molecular flexibility index (Phi) is 3.00. The van der Waals surface area contributed by atoms with Crippen LogP contribution in [-0.2, 0) is 9.47 Å². The summed E-state index contributed by atoms with van der Waals surface area (Å²) in [5.74, 6) is -1.38. The molecule has 0 spiro atoms. The minimum absolute atomic E-state index is 0.270. The molecule has 5 unspecified atom stereocenters. The first-order valence-corrected chi connectivity index (χ1v) is 7.66. The summed E-state index contributed by atoms with van der Waals surface area (Å²) in [7, 11) is 0. The predicted octanol–water partition coefficient (Wildman–Crippen LogP) is 2.48. The SMILES string of the molecule is CCC1OC23CCC(C)CC2C(C#N)(C(=N)O3)C1(C#N)C#N. The molecule has 2 heterocycles. The average molecular weight is 298 g/mol. The summed E-state index contributed by atoms with van der Waals surface area (Å²) in [6.45, 7) is 3.90. The van der Waals surface area contributed by atoms with E-state index in [9.17, 15) is 15.8 Å². The molecule has 0 radical (unpaired) electrons. The van der Waals surface area contributed by atoms with E-state index in [0.29, 0.717) is 25.2 Å². The van der Waals surface area contributed by atoms with Gasteiger partial charge in [-0.05, 0) is 25.2 Å². The number of ether oxygens (including phenoxy) is 2. The van der Waals surface area contributed by atoms with Gasteiger partial charge in [0.15, 0.2) is 10.8 Å². The summed E-state index contributed by atoms with van der Waals surface area (Å²) >= 11 is 0. The highest BCUT2D eigenvalue weighted by Gasteiger charge is 2.80. The van der Waals surface area contributed by atoms with Gasteiger partial charge in [0.25, 0.3) is 0 Å². The van der Waals surface area contributed by atoms with E-state index in [1.54, 1.807) is 0 Å². The first-order valence-electron chi connectivity index (χ1n) is 7.66. The van der Waals surface area contributed by atoms with Gasteiger partial charge in [-0.3, -0.25) is 5.41 Å². The Labute approximate surface area is 129 Å². The van der Waals surface area contributed by atoms with Crippen molar-refractivity contribution < 1.29 is 9.47 Å². The number of nitrogens with zero attached hydrogens (tertiary/aromatic N) is 3. The van der Waals surface area contributed by atoms with Crippen molar-refractivity contribution in [3.8, 4) is 18.2 Å². The van der Waals surface area contributed by atoms with E-state index in [-0.39, 0.29) is 5.90 Å². The van der Waals surface area contributed by atoms with Gasteiger partial charge in [0, 0.05) is 6.42 Å². The minimum atomic E-state index is -1.70. The molecule has 2 aliphatic heterocycles. The lowest BCUT2D eigenvalue weighted by molar-refractivity contribution is -0.295. The van der Waals surface area contributed by atoms with Gasteiger partial charge in [0.2, 0.25) is 11.7 Å². The van der Waals surface area contributed by atoms with E-state index in [4.69, 9.17) is 14.9 Å². The number of nitriles is 3. The Morgan fingerprint density at radius 1 is 1.27 bits per heavy atom. The Balaban J connectivity index is 2.28. The lowest BCUT2D eigenvalue weighted by Gasteiger charge is -2.52. The Morgan fingerprint density at radius 2 is 1.95 bits per heavy atom. The smallest absolute Gasteiger partial charge is 0.217 e. The van der Waals surface area contributed by atoms with Gasteiger partial charge >= 0.3 is 0 Å². The third-order valence-corrected chi connectivity index (χ3v) is 5.66. The molecule has 0 aromatic heterocycles. The van der Waals surface area contributed by atoms with Crippen molar-refractivity contribution >= 4 is 5.90 Å². The van der Waals surface area contributed by atoms with E-state index < -0.39 is 28.6 Å². The monoisotopic (exact) mass is 298 g/mol. The number of rotatable bonds is 1. The summed E-state index contributed by atoms with van der Waals surface area (Å²) in [5, 5.41) is 37.8. The average Bonchev–Trinajstić information content (AvgIpc) is 2.72. The molecule has 0 aromatic rings. The highest BCUT2D eigenvalue weighted by Crippen LogP contribution is 2.67. The predicted molar refractivity (Wildman–Crippen MR) is 74.9 cm³/mol. The van der Waals surface area contributed by atoms with Crippen LogP contribution in [0, 0.1) is 62.1 Å². The molecule has 5 atom stereocenters. The summed E-state index contributed by atoms with van der Waals surface area (Å²) < 4.78 is 11.8. The van der Waals surface area contributed by atoms with E-state index >= 15 is 0 Å². The molecule has 2 saturated heterocycles. The van der Waals surface area contributed by atoms with Gasteiger partial charge < -0.3 is 9.47 Å². The van der Waals surface area contributed by atoms with E-state index in [1.165, 1.54) is 0 Å². The molecule has 6 heteroatoms. The molecule has 3 fully saturated rings. The van der Waals surface area contributed by atoms with Crippen molar-refractivity contribution in [3.05, 3.63) is 0 Å². The lowest BCUT2D eigenvalue weighted by Crippen LogP contribution is -2.63. The number of hydrogen-bond acceptors (Lipinski definition) is 6. The second-order valence-corrected chi connectivity index (χ2v) is 6.64. The van der Waals surface area contributed by atoms with Crippen molar-refractivity contribution in [3.63, 3.8) is 0 Å². The van der Waals surface area contributed by atoms with Gasteiger partial charge in [-0.15, -0.1) is 0 Å². The molecule has 6 nitrogen and oxygen atoms in total. The van der Waals surface area contributed by atoms with Crippen LogP contribution in [-0.4, -0.2) is 17.8 Å². The highest BCUT2D eigenvalue weighted by molar-refractivity contribution is 5.89. The van der Waals surface area contributed by atoms with Crippen LogP contribution in [0.5, 0.6) is 0 Å². The normalized spacial score (nSPS) is 44.9. The third kappa shape index (κ3) is 1.33. The highest BCUT2D eigenvalue weighted by atomic mass is 16.7. The van der Waals surface area contributed by atoms with Crippen LogP contribution < -0.4 is 0 Å². The fourth-order valence-corrected chi connectivity index (χ4v) is 4.52.